The molecule has 3 N–H and O–H groups in total. The van der Waals surface area contributed by atoms with Gasteiger partial charge in [-0.05, 0) is 50.5 Å². The molecule has 7 heteroatoms. The number of aliphatic imine (C=N–C) groups is 1. The Kier molecular flexibility index (Phi) is 6.76. The zero-order chi connectivity index (χ0) is 20.0. The lowest BCUT2D eigenvalue weighted by Gasteiger charge is -2.15. The summed E-state index contributed by atoms with van der Waals surface area (Å²) in [6.45, 7) is 4.79. The molecule has 0 aliphatic heterocycles. The van der Waals surface area contributed by atoms with Gasteiger partial charge in [-0.3, -0.25) is 0 Å². The summed E-state index contributed by atoms with van der Waals surface area (Å²) >= 11 is 3.51. The van der Waals surface area contributed by atoms with Gasteiger partial charge in [0, 0.05) is 28.9 Å². The standard InChI is InChI=1S/C21H25N5S2/c1-3-5-18(21(10-11-21)28-20-25-15(2)14-27-20)26-19(23)16-6-8-17(9-7-16)24-13-4-12-22/h5-9,14,24H,3-4,10-11,13H2,1-2H3,(H2,23,26)/b18-5-. The maximum Gasteiger partial charge on any atom is 0.151 e. The molecule has 2 aromatic rings. The van der Waals surface area contributed by atoms with Crippen molar-refractivity contribution in [2.24, 2.45) is 10.7 Å². The lowest BCUT2D eigenvalue weighted by molar-refractivity contribution is 0.997. The molecule has 0 saturated heterocycles. The van der Waals surface area contributed by atoms with Gasteiger partial charge in [0.15, 0.2) is 4.34 Å². The van der Waals surface area contributed by atoms with Gasteiger partial charge in [0.1, 0.15) is 5.84 Å². The van der Waals surface area contributed by atoms with E-state index in [9.17, 15) is 0 Å². The molecular formula is C21H25N5S2. The monoisotopic (exact) mass is 411 g/mol. The molecule has 0 spiro atoms. The van der Waals surface area contributed by atoms with Crippen LogP contribution in [0.2, 0.25) is 0 Å². The second kappa shape index (κ2) is 9.26. The summed E-state index contributed by atoms with van der Waals surface area (Å²) in [5, 5.41) is 13.9. The van der Waals surface area contributed by atoms with E-state index in [0.717, 1.165) is 46.2 Å². The molecule has 5 nitrogen and oxygen atoms in total. The van der Waals surface area contributed by atoms with Crippen LogP contribution in [0, 0.1) is 18.3 Å². The van der Waals surface area contributed by atoms with E-state index in [2.05, 4.69) is 34.7 Å². The van der Waals surface area contributed by atoms with Crippen LogP contribution in [0.5, 0.6) is 0 Å². The van der Waals surface area contributed by atoms with E-state index >= 15 is 0 Å². The van der Waals surface area contributed by atoms with E-state index < -0.39 is 0 Å². The molecule has 1 aliphatic rings. The Balaban J connectivity index is 1.74. The molecule has 0 radical (unpaired) electrons. The Morgan fingerprint density at radius 3 is 2.75 bits per heavy atom. The van der Waals surface area contributed by atoms with Crippen molar-refractivity contribution >= 4 is 34.6 Å². The molecule has 1 saturated carbocycles. The number of nitrogens with one attached hydrogen (secondary N) is 1. The van der Waals surface area contributed by atoms with Crippen LogP contribution in [0.4, 0.5) is 5.69 Å². The first-order valence-electron chi connectivity index (χ1n) is 9.43. The number of hydrogen-bond acceptors (Lipinski definition) is 6. The highest BCUT2D eigenvalue weighted by Gasteiger charge is 2.48. The number of hydrogen-bond donors (Lipinski definition) is 2. The minimum absolute atomic E-state index is 0.00368. The number of nitrogens with zero attached hydrogens (tertiary/aromatic N) is 3. The number of amidine groups is 1. The van der Waals surface area contributed by atoms with Crippen molar-refractivity contribution in [1.29, 1.82) is 5.26 Å². The van der Waals surface area contributed by atoms with Crippen LogP contribution in [0.25, 0.3) is 0 Å². The van der Waals surface area contributed by atoms with Crippen LogP contribution in [0.1, 0.15) is 43.9 Å². The lowest BCUT2D eigenvalue weighted by atomic mass is 10.1. The molecule has 1 aromatic carbocycles. The van der Waals surface area contributed by atoms with Gasteiger partial charge in [-0.15, -0.1) is 11.3 Å². The minimum Gasteiger partial charge on any atom is -0.384 e. The van der Waals surface area contributed by atoms with E-state index in [1.807, 2.05) is 43.0 Å². The highest BCUT2D eigenvalue weighted by Crippen LogP contribution is 2.57. The fourth-order valence-corrected chi connectivity index (χ4v) is 5.21. The minimum atomic E-state index is 0.00368. The number of benzene rings is 1. The highest BCUT2D eigenvalue weighted by molar-refractivity contribution is 8.02. The highest BCUT2D eigenvalue weighted by atomic mass is 32.2. The molecule has 1 aliphatic carbocycles. The van der Waals surface area contributed by atoms with Gasteiger partial charge in [0.2, 0.25) is 0 Å². The van der Waals surface area contributed by atoms with Gasteiger partial charge in [0.25, 0.3) is 0 Å². The first-order valence-corrected chi connectivity index (χ1v) is 11.1. The Morgan fingerprint density at radius 1 is 1.43 bits per heavy atom. The maximum absolute atomic E-state index is 8.62. The van der Waals surface area contributed by atoms with Crippen molar-refractivity contribution in [3.63, 3.8) is 0 Å². The Labute approximate surface area is 174 Å². The van der Waals surface area contributed by atoms with Crippen molar-refractivity contribution in [2.75, 3.05) is 11.9 Å². The fraction of sp³-hybridized carbons (Fsp3) is 0.381. The molecule has 146 valence electrons. The Morgan fingerprint density at radius 2 is 2.18 bits per heavy atom. The predicted molar refractivity (Wildman–Crippen MR) is 119 cm³/mol. The van der Waals surface area contributed by atoms with Gasteiger partial charge in [0.05, 0.1) is 22.9 Å². The second-order valence-corrected chi connectivity index (χ2v) is 9.25. The molecule has 28 heavy (non-hydrogen) atoms. The molecule has 1 heterocycles. The molecule has 0 bridgehead atoms. The quantitative estimate of drug-likeness (QED) is 0.340. The number of allylic oxidation sites excluding steroid dienone is 1. The number of nitriles is 1. The van der Waals surface area contributed by atoms with Crippen molar-refractivity contribution in [1.82, 2.24) is 4.98 Å². The van der Waals surface area contributed by atoms with Crippen molar-refractivity contribution in [3.8, 4) is 6.07 Å². The summed E-state index contributed by atoms with van der Waals surface area (Å²) in [5.74, 6) is 0.533. The van der Waals surface area contributed by atoms with Gasteiger partial charge in [-0.1, -0.05) is 24.8 Å². The molecule has 0 atom stereocenters. The van der Waals surface area contributed by atoms with E-state index in [4.69, 9.17) is 16.0 Å². The Hall–Kier alpha value is -2.30. The summed E-state index contributed by atoms with van der Waals surface area (Å²) in [5.41, 5.74) is 10.3. The first kappa shape index (κ1) is 20.4. The number of rotatable bonds is 9. The number of anilines is 1. The molecule has 1 fully saturated rings. The topological polar surface area (TPSA) is 87.1 Å². The molecular weight excluding hydrogens is 386 g/mol. The molecule has 3 rings (SSSR count). The van der Waals surface area contributed by atoms with Crippen LogP contribution < -0.4 is 11.1 Å². The normalized spacial score (nSPS) is 15.9. The number of aryl methyl sites for hydroxylation is 1. The van der Waals surface area contributed by atoms with Gasteiger partial charge >= 0.3 is 0 Å². The van der Waals surface area contributed by atoms with Crippen LogP contribution >= 0.6 is 23.1 Å². The van der Waals surface area contributed by atoms with Gasteiger partial charge < -0.3 is 11.1 Å². The zero-order valence-electron chi connectivity index (χ0n) is 16.2. The number of thioether (sulfide) groups is 1. The number of thiazole rings is 1. The molecule has 1 aromatic heterocycles. The number of nitrogens with two attached hydrogens (primary N) is 1. The van der Waals surface area contributed by atoms with Crippen LogP contribution in [0.3, 0.4) is 0 Å². The second-order valence-electron chi connectivity index (χ2n) is 6.76. The van der Waals surface area contributed by atoms with E-state index in [1.165, 1.54) is 0 Å². The molecule has 0 amide bonds. The molecule has 0 unspecified atom stereocenters. The van der Waals surface area contributed by atoms with Crippen molar-refractivity contribution in [2.45, 2.75) is 48.6 Å². The fourth-order valence-electron chi connectivity index (χ4n) is 2.81. The summed E-state index contributed by atoms with van der Waals surface area (Å²) in [6, 6.07) is 10.00. The van der Waals surface area contributed by atoms with Crippen LogP contribution in [0.15, 0.2) is 50.8 Å². The van der Waals surface area contributed by atoms with E-state index in [1.54, 1.807) is 11.3 Å². The summed E-state index contributed by atoms with van der Waals surface area (Å²) in [6.07, 6.45) is 5.79. The summed E-state index contributed by atoms with van der Waals surface area (Å²) in [7, 11) is 0. The average Bonchev–Trinajstić information content (AvgIpc) is 3.36. The SMILES string of the molecule is CC/C=C(\N=C(N)c1ccc(NCCC#N)cc1)C1(Sc2nc(C)cs2)CC1. The Bertz CT molecular complexity index is 902. The summed E-state index contributed by atoms with van der Waals surface area (Å²) < 4.78 is 1.10. The van der Waals surface area contributed by atoms with Crippen LogP contribution in [-0.2, 0) is 0 Å². The van der Waals surface area contributed by atoms with Crippen LogP contribution in [-0.4, -0.2) is 22.1 Å². The third-order valence-electron chi connectivity index (χ3n) is 4.44. The maximum atomic E-state index is 8.62. The van der Waals surface area contributed by atoms with Crippen molar-refractivity contribution in [3.05, 3.63) is 52.7 Å². The lowest BCUT2D eigenvalue weighted by Crippen LogP contribution is -2.17. The average molecular weight is 412 g/mol. The first-order chi connectivity index (χ1) is 13.6. The third kappa shape index (κ3) is 5.15. The third-order valence-corrected chi connectivity index (χ3v) is 7.00. The summed E-state index contributed by atoms with van der Waals surface area (Å²) in [4.78, 5) is 9.43. The number of aromatic nitrogens is 1. The largest absolute Gasteiger partial charge is 0.384 e. The zero-order valence-corrected chi connectivity index (χ0v) is 17.9. The van der Waals surface area contributed by atoms with E-state index in [-0.39, 0.29) is 4.75 Å². The van der Waals surface area contributed by atoms with Gasteiger partial charge in [-0.25, -0.2) is 9.98 Å². The van der Waals surface area contributed by atoms with Gasteiger partial charge in [-0.2, -0.15) is 5.26 Å². The smallest absolute Gasteiger partial charge is 0.151 e. The predicted octanol–water partition coefficient (Wildman–Crippen LogP) is 5.10. The van der Waals surface area contributed by atoms with Crippen molar-refractivity contribution < 1.29 is 0 Å². The van der Waals surface area contributed by atoms with E-state index in [0.29, 0.717) is 18.8 Å².